The Hall–Kier alpha value is -2.77. The predicted octanol–water partition coefficient (Wildman–Crippen LogP) is 2.89. The van der Waals surface area contributed by atoms with Gasteiger partial charge in [0.2, 0.25) is 17.6 Å². The molecule has 1 N–H and O–H groups in total. The number of carbonyl (C=O) groups excluding carboxylic acids is 1. The first-order valence-corrected chi connectivity index (χ1v) is 9.57. The molecular weight excluding hydrogens is 378 g/mol. The second-order valence-corrected chi connectivity index (χ2v) is 7.05. The van der Waals surface area contributed by atoms with Crippen molar-refractivity contribution >= 4 is 17.5 Å². The van der Waals surface area contributed by atoms with Gasteiger partial charge in [0.05, 0.1) is 6.04 Å². The van der Waals surface area contributed by atoms with E-state index in [-0.39, 0.29) is 11.9 Å². The summed E-state index contributed by atoms with van der Waals surface area (Å²) < 4.78 is 5.30. The molecule has 7 nitrogen and oxygen atoms in total. The Labute approximate surface area is 167 Å². The number of aryl methyl sites for hydroxylation is 1. The van der Waals surface area contributed by atoms with Gasteiger partial charge in [-0.3, -0.25) is 9.78 Å². The predicted molar refractivity (Wildman–Crippen MR) is 105 cm³/mol. The van der Waals surface area contributed by atoms with Crippen molar-refractivity contribution < 1.29 is 9.32 Å². The van der Waals surface area contributed by atoms with E-state index in [4.69, 9.17) is 16.1 Å². The molecule has 0 spiro atoms. The number of halogens is 1. The summed E-state index contributed by atoms with van der Waals surface area (Å²) in [4.78, 5) is 23.1. The highest BCUT2D eigenvalue weighted by atomic mass is 35.5. The van der Waals surface area contributed by atoms with Crippen LogP contribution in [0.3, 0.4) is 0 Å². The van der Waals surface area contributed by atoms with E-state index in [0.29, 0.717) is 42.7 Å². The smallest absolute Gasteiger partial charge is 0.227 e. The lowest BCUT2D eigenvalue weighted by Crippen LogP contribution is -2.48. The fraction of sp³-hybridized carbons (Fsp3) is 0.300. The Morgan fingerprint density at radius 2 is 2.14 bits per heavy atom. The molecule has 1 saturated heterocycles. The highest BCUT2D eigenvalue weighted by Crippen LogP contribution is 2.25. The Morgan fingerprint density at radius 1 is 1.29 bits per heavy atom. The van der Waals surface area contributed by atoms with Gasteiger partial charge in [-0.05, 0) is 29.8 Å². The summed E-state index contributed by atoms with van der Waals surface area (Å²) in [5.74, 6) is 1.02. The van der Waals surface area contributed by atoms with Crippen LogP contribution in [0, 0.1) is 0 Å². The summed E-state index contributed by atoms with van der Waals surface area (Å²) in [6.07, 6.45) is 4.07. The molecular formula is C20H20ClN5O2. The van der Waals surface area contributed by atoms with Crippen LogP contribution in [0.1, 0.15) is 23.9 Å². The monoisotopic (exact) mass is 397 g/mol. The van der Waals surface area contributed by atoms with Crippen LogP contribution in [0.5, 0.6) is 0 Å². The number of piperazine rings is 1. The molecule has 0 radical (unpaired) electrons. The van der Waals surface area contributed by atoms with Crippen LogP contribution in [-0.2, 0) is 11.2 Å². The number of hydrogen-bond acceptors (Lipinski definition) is 6. The molecule has 1 aliphatic rings. The summed E-state index contributed by atoms with van der Waals surface area (Å²) in [6, 6.07) is 11.3. The summed E-state index contributed by atoms with van der Waals surface area (Å²) in [6.45, 7) is 2.14. The quantitative estimate of drug-likeness (QED) is 0.712. The van der Waals surface area contributed by atoms with E-state index in [0.717, 1.165) is 17.7 Å². The van der Waals surface area contributed by atoms with Crippen molar-refractivity contribution in [2.45, 2.75) is 18.9 Å². The van der Waals surface area contributed by atoms with Crippen LogP contribution in [0.2, 0.25) is 5.02 Å². The lowest BCUT2D eigenvalue weighted by Gasteiger charge is -2.36. The molecule has 8 heteroatoms. The SMILES string of the molecule is O=C(CCc1nc(-c2ccncc2)no1)N1CCNCC1c1cccc(Cl)c1. The number of nitrogens with one attached hydrogen (secondary N) is 1. The molecule has 1 amide bonds. The second kappa shape index (κ2) is 8.50. The van der Waals surface area contributed by atoms with E-state index in [9.17, 15) is 4.79 Å². The maximum atomic E-state index is 12.9. The highest BCUT2D eigenvalue weighted by Gasteiger charge is 2.28. The summed E-state index contributed by atoms with van der Waals surface area (Å²) in [5, 5.41) is 8.01. The van der Waals surface area contributed by atoms with Gasteiger partial charge < -0.3 is 14.7 Å². The van der Waals surface area contributed by atoms with E-state index in [1.54, 1.807) is 12.4 Å². The molecule has 1 unspecified atom stereocenters. The van der Waals surface area contributed by atoms with Gasteiger partial charge in [0.15, 0.2) is 0 Å². The van der Waals surface area contributed by atoms with Gasteiger partial charge in [-0.1, -0.05) is 28.9 Å². The van der Waals surface area contributed by atoms with Crippen molar-refractivity contribution in [3.63, 3.8) is 0 Å². The number of rotatable bonds is 5. The Balaban J connectivity index is 1.42. The minimum atomic E-state index is -0.0324. The van der Waals surface area contributed by atoms with Crippen molar-refractivity contribution in [1.82, 2.24) is 25.3 Å². The summed E-state index contributed by atoms with van der Waals surface area (Å²) >= 11 is 6.13. The fourth-order valence-corrected chi connectivity index (χ4v) is 3.55. The average Bonchev–Trinajstić information content (AvgIpc) is 3.22. The van der Waals surface area contributed by atoms with Gasteiger partial charge >= 0.3 is 0 Å². The van der Waals surface area contributed by atoms with Crippen molar-refractivity contribution in [2.24, 2.45) is 0 Å². The number of carbonyl (C=O) groups is 1. The first-order valence-electron chi connectivity index (χ1n) is 9.19. The molecule has 4 rings (SSSR count). The number of aromatic nitrogens is 3. The van der Waals surface area contributed by atoms with Crippen LogP contribution in [-0.4, -0.2) is 45.6 Å². The van der Waals surface area contributed by atoms with Crippen LogP contribution in [0.15, 0.2) is 53.3 Å². The van der Waals surface area contributed by atoms with Crippen molar-refractivity contribution in [2.75, 3.05) is 19.6 Å². The zero-order chi connectivity index (χ0) is 19.3. The first-order chi connectivity index (χ1) is 13.7. The third-order valence-corrected chi connectivity index (χ3v) is 4.99. The van der Waals surface area contributed by atoms with Crippen LogP contribution in [0.25, 0.3) is 11.4 Å². The van der Waals surface area contributed by atoms with E-state index in [1.165, 1.54) is 0 Å². The molecule has 1 atom stereocenters. The standard InChI is InChI=1S/C20H20ClN5O2/c21-16-3-1-2-15(12-16)17-13-23-10-11-26(17)19(27)5-4-18-24-20(25-28-18)14-6-8-22-9-7-14/h1-3,6-9,12,17,23H,4-5,10-11,13H2. The summed E-state index contributed by atoms with van der Waals surface area (Å²) in [5.41, 5.74) is 1.87. The second-order valence-electron chi connectivity index (χ2n) is 6.61. The van der Waals surface area contributed by atoms with Crippen LogP contribution < -0.4 is 5.32 Å². The molecule has 28 heavy (non-hydrogen) atoms. The zero-order valence-corrected chi connectivity index (χ0v) is 16.0. The van der Waals surface area contributed by atoms with Gasteiger partial charge in [-0.15, -0.1) is 0 Å². The number of amides is 1. The molecule has 0 aliphatic carbocycles. The molecule has 0 saturated carbocycles. The number of pyridine rings is 1. The molecule has 0 bridgehead atoms. The number of benzene rings is 1. The van der Waals surface area contributed by atoms with Crippen molar-refractivity contribution in [3.8, 4) is 11.4 Å². The van der Waals surface area contributed by atoms with E-state index >= 15 is 0 Å². The third kappa shape index (κ3) is 4.21. The Kier molecular flexibility index (Phi) is 5.64. The van der Waals surface area contributed by atoms with Crippen LogP contribution in [0.4, 0.5) is 0 Å². The van der Waals surface area contributed by atoms with Gasteiger partial charge in [0.1, 0.15) is 0 Å². The molecule has 3 aromatic rings. The third-order valence-electron chi connectivity index (χ3n) is 4.76. The zero-order valence-electron chi connectivity index (χ0n) is 15.2. The Bertz CT molecular complexity index is 947. The fourth-order valence-electron chi connectivity index (χ4n) is 3.35. The molecule has 1 aromatic carbocycles. The Morgan fingerprint density at radius 3 is 2.96 bits per heavy atom. The summed E-state index contributed by atoms with van der Waals surface area (Å²) in [7, 11) is 0. The molecule has 3 heterocycles. The highest BCUT2D eigenvalue weighted by molar-refractivity contribution is 6.30. The lowest BCUT2D eigenvalue weighted by molar-refractivity contribution is -0.134. The topological polar surface area (TPSA) is 84.1 Å². The maximum Gasteiger partial charge on any atom is 0.227 e. The largest absolute Gasteiger partial charge is 0.339 e. The molecule has 144 valence electrons. The van der Waals surface area contributed by atoms with Crippen molar-refractivity contribution in [1.29, 1.82) is 0 Å². The van der Waals surface area contributed by atoms with E-state index in [2.05, 4.69) is 20.4 Å². The van der Waals surface area contributed by atoms with Crippen molar-refractivity contribution in [3.05, 3.63) is 65.3 Å². The molecule has 2 aromatic heterocycles. The van der Waals surface area contributed by atoms with E-state index < -0.39 is 0 Å². The minimum Gasteiger partial charge on any atom is -0.339 e. The normalized spacial score (nSPS) is 16.9. The van der Waals surface area contributed by atoms with Crippen LogP contribution >= 0.6 is 11.6 Å². The van der Waals surface area contributed by atoms with Gasteiger partial charge in [-0.2, -0.15) is 4.98 Å². The molecule has 1 fully saturated rings. The minimum absolute atomic E-state index is 0.0324. The van der Waals surface area contributed by atoms with E-state index in [1.807, 2.05) is 41.3 Å². The first kappa shape index (κ1) is 18.6. The number of nitrogens with zero attached hydrogens (tertiary/aromatic N) is 4. The average molecular weight is 398 g/mol. The van der Waals surface area contributed by atoms with Gasteiger partial charge in [-0.25, -0.2) is 0 Å². The lowest BCUT2D eigenvalue weighted by atomic mass is 10.0. The van der Waals surface area contributed by atoms with Gasteiger partial charge in [0, 0.05) is 55.5 Å². The molecule has 1 aliphatic heterocycles. The number of hydrogen-bond donors (Lipinski definition) is 1. The van der Waals surface area contributed by atoms with Gasteiger partial charge in [0.25, 0.3) is 0 Å². The maximum absolute atomic E-state index is 12.9.